The molecule has 26 heavy (non-hydrogen) atoms. The van der Waals surface area contributed by atoms with Crippen molar-refractivity contribution in [3.8, 4) is 0 Å². The fourth-order valence-electron chi connectivity index (χ4n) is 3.49. The first-order valence-corrected chi connectivity index (χ1v) is 9.73. The molecule has 1 aromatic carbocycles. The number of rotatable bonds is 8. The molecule has 0 unspecified atom stereocenters. The van der Waals surface area contributed by atoms with E-state index in [9.17, 15) is 14.3 Å². The van der Waals surface area contributed by atoms with Gasteiger partial charge in [0, 0.05) is 24.1 Å². The molecule has 0 saturated carbocycles. The van der Waals surface area contributed by atoms with E-state index in [0.717, 1.165) is 50.8 Å². The summed E-state index contributed by atoms with van der Waals surface area (Å²) >= 11 is 0. The fourth-order valence-corrected chi connectivity index (χ4v) is 3.49. The molecule has 1 heterocycles. The van der Waals surface area contributed by atoms with E-state index in [1.165, 1.54) is 6.07 Å². The molecule has 4 nitrogen and oxygen atoms in total. The maximum absolute atomic E-state index is 13.8. The Morgan fingerprint density at radius 3 is 2.62 bits per heavy atom. The van der Waals surface area contributed by atoms with Crippen molar-refractivity contribution >= 4 is 5.91 Å². The van der Waals surface area contributed by atoms with Crippen molar-refractivity contribution in [3.63, 3.8) is 0 Å². The summed E-state index contributed by atoms with van der Waals surface area (Å²) in [6, 6.07) is 7.01. The van der Waals surface area contributed by atoms with Gasteiger partial charge in [-0.05, 0) is 72.0 Å². The molecule has 1 amide bonds. The highest BCUT2D eigenvalue weighted by molar-refractivity contribution is 5.79. The molecular formula is C21H33FN2O2. The van der Waals surface area contributed by atoms with Gasteiger partial charge >= 0.3 is 0 Å². The van der Waals surface area contributed by atoms with Crippen LogP contribution in [0.4, 0.5) is 4.39 Å². The Bertz CT molecular complexity index is 578. The summed E-state index contributed by atoms with van der Waals surface area (Å²) in [5.74, 6) is 0.0159. The van der Waals surface area contributed by atoms with E-state index in [0.29, 0.717) is 6.54 Å². The lowest BCUT2D eigenvalue weighted by Gasteiger charge is -2.32. The molecule has 1 saturated heterocycles. The first kappa shape index (κ1) is 20.8. The average molecular weight is 365 g/mol. The molecule has 1 fully saturated rings. The van der Waals surface area contributed by atoms with Crippen molar-refractivity contribution in [2.45, 2.75) is 71.1 Å². The van der Waals surface area contributed by atoms with Gasteiger partial charge in [0.15, 0.2) is 0 Å². The Balaban J connectivity index is 1.70. The Morgan fingerprint density at radius 2 is 2.00 bits per heavy atom. The number of aliphatic hydroxyl groups is 1. The van der Waals surface area contributed by atoms with Crippen LogP contribution in [-0.2, 0) is 11.3 Å². The van der Waals surface area contributed by atoms with Crippen molar-refractivity contribution in [1.29, 1.82) is 0 Å². The Labute approximate surface area is 156 Å². The standard InChI is InChI=1S/C21H33FN2O2/c1-16(7-6-12-21(2,3)26)23-20(25)17-10-13-24(14-11-17)15-18-8-4-5-9-19(18)22/h4-5,8-9,16-17,26H,6-7,10-15H2,1-3H3,(H,23,25)/t16-/m0/s1. The number of halogens is 1. The van der Waals surface area contributed by atoms with Gasteiger partial charge in [0.2, 0.25) is 5.91 Å². The van der Waals surface area contributed by atoms with Gasteiger partial charge in [-0.3, -0.25) is 9.69 Å². The van der Waals surface area contributed by atoms with E-state index < -0.39 is 5.60 Å². The summed E-state index contributed by atoms with van der Waals surface area (Å²) < 4.78 is 13.8. The number of carbonyl (C=O) groups is 1. The summed E-state index contributed by atoms with van der Waals surface area (Å²) in [7, 11) is 0. The first-order valence-electron chi connectivity index (χ1n) is 9.73. The predicted octanol–water partition coefficient (Wildman–Crippen LogP) is 3.48. The molecule has 1 aliphatic heterocycles. The largest absolute Gasteiger partial charge is 0.390 e. The minimum absolute atomic E-state index is 0.0450. The van der Waals surface area contributed by atoms with Crippen molar-refractivity contribution in [2.75, 3.05) is 13.1 Å². The van der Waals surface area contributed by atoms with Gasteiger partial charge in [0.05, 0.1) is 5.60 Å². The van der Waals surface area contributed by atoms with Gasteiger partial charge in [0.1, 0.15) is 5.82 Å². The van der Waals surface area contributed by atoms with Crippen LogP contribution in [0.5, 0.6) is 0 Å². The van der Waals surface area contributed by atoms with E-state index in [1.54, 1.807) is 6.07 Å². The van der Waals surface area contributed by atoms with E-state index in [4.69, 9.17) is 0 Å². The van der Waals surface area contributed by atoms with E-state index in [-0.39, 0.29) is 23.7 Å². The van der Waals surface area contributed by atoms with Gasteiger partial charge in [-0.2, -0.15) is 0 Å². The van der Waals surface area contributed by atoms with Gasteiger partial charge in [-0.25, -0.2) is 4.39 Å². The van der Waals surface area contributed by atoms with Crippen LogP contribution in [0.2, 0.25) is 0 Å². The lowest BCUT2D eigenvalue weighted by Crippen LogP contribution is -2.43. The molecule has 1 atom stereocenters. The number of nitrogens with one attached hydrogen (secondary N) is 1. The molecule has 2 N–H and O–H groups in total. The van der Waals surface area contributed by atoms with E-state index in [1.807, 2.05) is 32.9 Å². The zero-order valence-corrected chi connectivity index (χ0v) is 16.3. The van der Waals surface area contributed by atoms with E-state index >= 15 is 0 Å². The maximum Gasteiger partial charge on any atom is 0.223 e. The number of piperidine rings is 1. The lowest BCUT2D eigenvalue weighted by molar-refractivity contribution is -0.127. The number of carbonyl (C=O) groups excluding carboxylic acids is 1. The third kappa shape index (κ3) is 7.04. The van der Waals surface area contributed by atoms with Crippen molar-refractivity contribution < 1.29 is 14.3 Å². The van der Waals surface area contributed by atoms with Crippen LogP contribution in [0.1, 0.15) is 58.4 Å². The molecule has 146 valence electrons. The minimum Gasteiger partial charge on any atom is -0.390 e. The minimum atomic E-state index is -0.644. The van der Waals surface area contributed by atoms with Gasteiger partial charge in [-0.15, -0.1) is 0 Å². The third-order valence-corrected chi connectivity index (χ3v) is 5.12. The maximum atomic E-state index is 13.8. The Morgan fingerprint density at radius 1 is 1.35 bits per heavy atom. The Hall–Kier alpha value is -1.46. The number of amides is 1. The second-order valence-electron chi connectivity index (χ2n) is 8.26. The summed E-state index contributed by atoms with van der Waals surface area (Å²) in [5, 5.41) is 12.9. The molecule has 5 heteroatoms. The zero-order chi connectivity index (χ0) is 19.2. The van der Waals surface area contributed by atoms with Gasteiger partial charge in [-0.1, -0.05) is 18.2 Å². The molecule has 1 aliphatic rings. The molecular weight excluding hydrogens is 331 g/mol. The van der Waals surface area contributed by atoms with Crippen LogP contribution < -0.4 is 5.32 Å². The van der Waals surface area contributed by atoms with Crippen LogP contribution in [0, 0.1) is 11.7 Å². The van der Waals surface area contributed by atoms with Crippen molar-refractivity contribution in [2.24, 2.45) is 5.92 Å². The van der Waals surface area contributed by atoms with Crippen LogP contribution >= 0.6 is 0 Å². The quantitative estimate of drug-likeness (QED) is 0.742. The van der Waals surface area contributed by atoms with Crippen molar-refractivity contribution in [3.05, 3.63) is 35.6 Å². The van der Waals surface area contributed by atoms with Crippen LogP contribution in [0.3, 0.4) is 0 Å². The smallest absolute Gasteiger partial charge is 0.223 e. The van der Waals surface area contributed by atoms with Crippen LogP contribution in [0.25, 0.3) is 0 Å². The number of nitrogens with zero attached hydrogens (tertiary/aromatic N) is 1. The molecule has 0 aliphatic carbocycles. The molecule has 2 rings (SSSR count). The number of benzene rings is 1. The molecule has 0 spiro atoms. The Kier molecular flexibility index (Phi) is 7.59. The highest BCUT2D eigenvalue weighted by Gasteiger charge is 2.26. The van der Waals surface area contributed by atoms with Crippen LogP contribution in [-0.4, -0.2) is 40.6 Å². The second-order valence-corrected chi connectivity index (χ2v) is 8.26. The lowest BCUT2D eigenvalue weighted by atomic mass is 9.94. The number of hydrogen-bond donors (Lipinski definition) is 2. The summed E-state index contributed by atoms with van der Waals surface area (Å²) in [4.78, 5) is 14.7. The third-order valence-electron chi connectivity index (χ3n) is 5.12. The molecule has 0 aromatic heterocycles. The van der Waals surface area contributed by atoms with Gasteiger partial charge < -0.3 is 10.4 Å². The van der Waals surface area contributed by atoms with E-state index in [2.05, 4.69) is 10.2 Å². The number of likely N-dealkylation sites (tertiary alicyclic amines) is 1. The summed E-state index contributed by atoms with van der Waals surface area (Å²) in [5.41, 5.74) is 0.0743. The highest BCUT2D eigenvalue weighted by Crippen LogP contribution is 2.21. The molecule has 0 bridgehead atoms. The summed E-state index contributed by atoms with van der Waals surface area (Å²) in [6.45, 7) is 7.89. The number of hydrogen-bond acceptors (Lipinski definition) is 3. The normalized spacial score (nSPS) is 17.9. The second kappa shape index (κ2) is 9.47. The fraction of sp³-hybridized carbons (Fsp3) is 0.667. The van der Waals surface area contributed by atoms with Crippen LogP contribution in [0.15, 0.2) is 24.3 Å². The highest BCUT2D eigenvalue weighted by atomic mass is 19.1. The topological polar surface area (TPSA) is 52.6 Å². The molecule has 0 radical (unpaired) electrons. The monoisotopic (exact) mass is 364 g/mol. The summed E-state index contributed by atoms with van der Waals surface area (Å²) in [6.07, 6.45) is 4.14. The predicted molar refractivity (Wildman–Crippen MR) is 102 cm³/mol. The SMILES string of the molecule is C[C@@H](CCCC(C)(C)O)NC(=O)C1CCN(Cc2ccccc2F)CC1. The zero-order valence-electron chi connectivity index (χ0n) is 16.3. The van der Waals surface area contributed by atoms with Crippen molar-refractivity contribution in [1.82, 2.24) is 10.2 Å². The molecule has 1 aromatic rings. The average Bonchev–Trinajstić information content (AvgIpc) is 2.56. The van der Waals surface area contributed by atoms with Gasteiger partial charge in [0.25, 0.3) is 0 Å². The first-order chi connectivity index (χ1) is 12.2.